The van der Waals surface area contributed by atoms with Crippen molar-refractivity contribution in [2.75, 3.05) is 26.2 Å². The summed E-state index contributed by atoms with van der Waals surface area (Å²) in [7, 11) is 0. The van der Waals surface area contributed by atoms with Crippen molar-refractivity contribution in [1.82, 2.24) is 14.8 Å². The molecule has 3 rings (SSSR count). The molecule has 2 saturated heterocycles. The molecule has 0 saturated carbocycles. The SMILES string of the molecule is O=C(Cc1ccccn1)N1CCC(N2CCOC2=O)CC1. The lowest BCUT2D eigenvalue weighted by molar-refractivity contribution is -0.131. The highest BCUT2D eigenvalue weighted by Gasteiger charge is 2.33. The monoisotopic (exact) mass is 289 g/mol. The summed E-state index contributed by atoms with van der Waals surface area (Å²) in [6, 6.07) is 5.80. The van der Waals surface area contributed by atoms with Crippen LogP contribution >= 0.6 is 0 Å². The minimum absolute atomic E-state index is 0.108. The molecule has 2 amide bonds. The van der Waals surface area contributed by atoms with Gasteiger partial charge in [-0.1, -0.05) is 6.07 Å². The summed E-state index contributed by atoms with van der Waals surface area (Å²) in [5, 5.41) is 0. The van der Waals surface area contributed by atoms with Crippen molar-refractivity contribution in [2.24, 2.45) is 0 Å². The van der Waals surface area contributed by atoms with Crippen molar-refractivity contribution in [1.29, 1.82) is 0 Å². The van der Waals surface area contributed by atoms with Gasteiger partial charge < -0.3 is 14.5 Å². The molecular weight excluding hydrogens is 270 g/mol. The van der Waals surface area contributed by atoms with Gasteiger partial charge in [-0.3, -0.25) is 9.78 Å². The van der Waals surface area contributed by atoms with E-state index in [0.717, 1.165) is 18.5 Å². The number of amides is 2. The number of likely N-dealkylation sites (tertiary alicyclic amines) is 1. The van der Waals surface area contributed by atoms with Crippen LogP contribution in [-0.2, 0) is 16.0 Å². The Morgan fingerprint density at radius 2 is 2.10 bits per heavy atom. The summed E-state index contributed by atoms with van der Waals surface area (Å²) >= 11 is 0. The maximum atomic E-state index is 12.2. The highest BCUT2D eigenvalue weighted by Crippen LogP contribution is 2.20. The summed E-state index contributed by atoms with van der Waals surface area (Å²) in [6.07, 6.45) is 3.48. The molecule has 1 aromatic rings. The van der Waals surface area contributed by atoms with E-state index in [1.807, 2.05) is 23.1 Å². The second kappa shape index (κ2) is 6.11. The first-order valence-corrected chi connectivity index (χ1v) is 7.35. The van der Waals surface area contributed by atoms with Crippen LogP contribution in [0.2, 0.25) is 0 Å². The Hall–Kier alpha value is -2.11. The van der Waals surface area contributed by atoms with E-state index in [1.165, 1.54) is 0 Å². The van der Waals surface area contributed by atoms with Gasteiger partial charge in [0.1, 0.15) is 6.61 Å². The first-order chi connectivity index (χ1) is 10.2. The summed E-state index contributed by atoms with van der Waals surface area (Å²) in [6.45, 7) is 2.54. The molecule has 0 aliphatic carbocycles. The van der Waals surface area contributed by atoms with E-state index >= 15 is 0 Å². The van der Waals surface area contributed by atoms with Crippen molar-refractivity contribution >= 4 is 12.0 Å². The number of hydrogen-bond acceptors (Lipinski definition) is 4. The van der Waals surface area contributed by atoms with Gasteiger partial charge in [0.05, 0.1) is 13.0 Å². The van der Waals surface area contributed by atoms with Crippen LogP contribution in [0.25, 0.3) is 0 Å². The fraction of sp³-hybridized carbons (Fsp3) is 0.533. The Kier molecular flexibility index (Phi) is 4.03. The van der Waals surface area contributed by atoms with Crippen LogP contribution in [0.4, 0.5) is 4.79 Å². The molecule has 6 heteroatoms. The number of rotatable bonds is 3. The Morgan fingerprint density at radius 1 is 1.29 bits per heavy atom. The highest BCUT2D eigenvalue weighted by molar-refractivity contribution is 5.78. The first-order valence-electron chi connectivity index (χ1n) is 7.35. The zero-order valence-corrected chi connectivity index (χ0v) is 11.9. The van der Waals surface area contributed by atoms with Gasteiger partial charge in [0.25, 0.3) is 0 Å². The van der Waals surface area contributed by atoms with E-state index in [2.05, 4.69) is 4.98 Å². The van der Waals surface area contributed by atoms with Gasteiger partial charge in [0.2, 0.25) is 5.91 Å². The standard InChI is InChI=1S/C15H19N3O3/c19-14(11-12-3-1-2-6-16-12)17-7-4-13(5-8-17)18-9-10-21-15(18)20/h1-3,6,13H,4-5,7-11H2. The van der Waals surface area contributed by atoms with Gasteiger partial charge in [-0.25, -0.2) is 4.79 Å². The van der Waals surface area contributed by atoms with Gasteiger partial charge in [-0.05, 0) is 25.0 Å². The Bertz CT molecular complexity index is 512. The summed E-state index contributed by atoms with van der Waals surface area (Å²) in [5.74, 6) is 0.108. The molecule has 21 heavy (non-hydrogen) atoms. The molecule has 2 fully saturated rings. The number of pyridine rings is 1. The number of carbonyl (C=O) groups excluding carboxylic acids is 2. The van der Waals surface area contributed by atoms with E-state index in [4.69, 9.17) is 4.74 Å². The Morgan fingerprint density at radius 3 is 2.71 bits per heavy atom. The maximum Gasteiger partial charge on any atom is 0.410 e. The fourth-order valence-corrected chi connectivity index (χ4v) is 2.93. The van der Waals surface area contributed by atoms with Crippen molar-refractivity contribution < 1.29 is 14.3 Å². The molecule has 6 nitrogen and oxygen atoms in total. The lowest BCUT2D eigenvalue weighted by Gasteiger charge is -2.35. The lowest BCUT2D eigenvalue weighted by Crippen LogP contribution is -2.47. The van der Waals surface area contributed by atoms with E-state index < -0.39 is 0 Å². The molecule has 0 radical (unpaired) electrons. The molecule has 0 bridgehead atoms. The highest BCUT2D eigenvalue weighted by atomic mass is 16.6. The van der Waals surface area contributed by atoms with Gasteiger partial charge >= 0.3 is 6.09 Å². The third-order valence-corrected chi connectivity index (χ3v) is 4.11. The van der Waals surface area contributed by atoms with E-state index in [9.17, 15) is 9.59 Å². The van der Waals surface area contributed by atoms with Crippen LogP contribution in [0.1, 0.15) is 18.5 Å². The second-order valence-electron chi connectivity index (χ2n) is 5.42. The molecular formula is C15H19N3O3. The van der Waals surface area contributed by atoms with Crippen molar-refractivity contribution in [3.8, 4) is 0 Å². The number of carbonyl (C=O) groups is 2. The summed E-state index contributed by atoms with van der Waals surface area (Å²) in [4.78, 5) is 31.6. The van der Waals surface area contributed by atoms with Gasteiger partial charge in [-0.2, -0.15) is 0 Å². The van der Waals surface area contributed by atoms with Crippen molar-refractivity contribution in [3.63, 3.8) is 0 Å². The van der Waals surface area contributed by atoms with E-state index in [0.29, 0.717) is 32.7 Å². The number of ether oxygens (including phenoxy) is 1. The van der Waals surface area contributed by atoms with Crippen LogP contribution in [0.3, 0.4) is 0 Å². The second-order valence-corrected chi connectivity index (χ2v) is 5.42. The third kappa shape index (κ3) is 3.15. The van der Waals surface area contributed by atoms with Crippen LogP contribution < -0.4 is 0 Å². The molecule has 0 unspecified atom stereocenters. The Balaban J connectivity index is 1.51. The molecule has 0 N–H and O–H groups in total. The molecule has 3 heterocycles. The van der Waals surface area contributed by atoms with Crippen molar-refractivity contribution in [3.05, 3.63) is 30.1 Å². The molecule has 0 atom stereocenters. The molecule has 0 spiro atoms. The predicted octanol–water partition coefficient (Wildman–Crippen LogP) is 1.07. The topological polar surface area (TPSA) is 62.7 Å². The van der Waals surface area contributed by atoms with E-state index in [1.54, 1.807) is 11.1 Å². The fourth-order valence-electron chi connectivity index (χ4n) is 2.93. The lowest BCUT2D eigenvalue weighted by atomic mass is 10.0. The Labute approximate surface area is 123 Å². The van der Waals surface area contributed by atoms with Crippen molar-refractivity contribution in [2.45, 2.75) is 25.3 Å². The minimum atomic E-state index is -0.215. The predicted molar refractivity (Wildman–Crippen MR) is 75.6 cm³/mol. The minimum Gasteiger partial charge on any atom is -0.448 e. The van der Waals surface area contributed by atoms with E-state index in [-0.39, 0.29) is 18.0 Å². The average Bonchev–Trinajstić information content (AvgIpc) is 2.94. The molecule has 2 aliphatic heterocycles. The number of aromatic nitrogens is 1. The quantitative estimate of drug-likeness (QED) is 0.835. The number of piperidine rings is 1. The molecule has 112 valence electrons. The zero-order valence-electron chi connectivity index (χ0n) is 11.9. The van der Waals surface area contributed by atoms with Gasteiger partial charge in [0, 0.05) is 31.0 Å². The number of hydrogen-bond donors (Lipinski definition) is 0. The molecule has 0 aromatic carbocycles. The van der Waals surface area contributed by atoms with Crippen LogP contribution in [0, 0.1) is 0 Å². The maximum absolute atomic E-state index is 12.2. The molecule has 1 aromatic heterocycles. The van der Waals surface area contributed by atoms with Gasteiger partial charge in [0.15, 0.2) is 0 Å². The van der Waals surface area contributed by atoms with Crippen LogP contribution in [-0.4, -0.2) is 59.1 Å². The van der Waals surface area contributed by atoms with Crippen LogP contribution in [0.5, 0.6) is 0 Å². The first kappa shape index (κ1) is 13.9. The third-order valence-electron chi connectivity index (χ3n) is 4.11. The summed E-state index contributed by atoms with van der Waals surface area (Å²) in [5.41, 5.74) is 0.799. The zero-order chi connectivity index (χ0) is 14.7. The van der Waals surface area contributed by atoms with Crippen LogP contribution in [0.15, 0.2) is 24.4 Å². The largest absolute Gasteiger partial charge is 0.448 e. The normalized spacial score (nSPS) is 19.7. The summed E-state index contributed by atoms with van der Waals surface area (Å²) < 4.78 is 4.97. The van der Waals surface area contributed by atoms with Gasteiger partial charge in [-0.15, -0.1) is 0 Å². The number of nitrogens with zero attached hydrogens (tertiary/aromatic N) is 3. The number of cyclic esters (lactones) is 1. The molecule has 2 aliphatic rings. The smallest absolute Gasteiger partial charge is 0.410 e. The average molecular weight is 289 g/mol.